The van der Waals surface area contributed by atoms with Crippen molar-refractivity contribution in [3.8, 4) is 0 Å². The van der Waals surface area contributed by atoms with E-state index in [1.807, 2.05) is 63.2 Å². The lowest BCUT2D eigenvalue weighted by atomic mass is 9.85. The summed E-state index contributed by atoms with van der Waals surface area (Å²) in [6.45, 7) is 6.07. The number of benzene rings is 3. The number of anilines is 1. The van der Waals surface area contributed by atoms with Crippen molar-refractivity contribution in [1.82, 2.24) is 9.88 Å². The van der Waals surface area contributed by atoms with Gasteiger partial charge in [0.1, 0.15) is 17.3 Å². The highest BCUT2D eigenvalue weighted by Gasteiger charge is 2.29. The Morgan fingerprint density at radius 3 is 2.42 bits per heavy atom. The predicted molar refractivity (Wildman–Crippen MR) is 160 cm³/mol. The van der Waals surface area contributed by atoms with Crippen molar-refractivity contribution < 1.29 is 14.3 Å². The Bertz CT molecular complexity index is 1570. The molecule has 208 valence electrons. The number of ether oxygens (including phenoxy) is 1. The average Bonchev–Trinajstić information content (AvgIpc) is 3.24. The molecule has 1 heterocycles. The molecule has 0 radical (unpaired) electrons. The molecule has 4 aromatic rings. The molecule has 5 N–H and O–H groups in total. The van der Waals surface area contributed by atoms with Gasteiger partial charge in [-0.25, -0.2) is 4.79 Å². The summed E-state index contributed by atoms with van der Waals surface area (Å²) >= 11 is 0. The van der Waals surface area contributed by atoms with Gasteiger partial charge in [-0.1, -0.05) is 54.6 Å². The molecule has 2 amide bonds. The average molecular weight is 540 g/mol. The van der Waals surface area contributed by atoms with Crippen LogP contribution in [0.5, 0.6) is 0 Å². The zero-order valence-corrected chi connectivity index (χ0v) is 23.3. The number of carbonyl (C=O) groups is 2. The minimum absolute atomic E-state index is 0.00159. The summed E-state index contributed by atoms with van der Waals surface area (Å²) in [4.78, 5) is 25.6. The molecule has 0 saturated heterocycles. The van der Waals surface area contributed by atoms with Crippen LogP contribution in [0.3, 0.4) is 0 Å². The van der Waals surface area contributed by atoms with Crippen molar-refractivity contribution in [3.05, 3.63) is 77.9 Å². The van der Waals surface area contributed by atoms with Crippen LogP contribution in [0, 0.1) is 11.3 Å². The molecule has 1 aromatic heterocycles. The summed E-state index contributed by atoms with van der Waals surface area (Å²) in [6, 6.07) is 22.2. The molecular weight excluding hydrogens is 502 g/mol. The monoisotopic (exact) mass is 539 g/mol. The van der Waals surface area contributed by atoms with Gasteiger partial charge >= 0.3 is 6.09 Å². The van der Waals surface area contributed by atoms with Gasteiger partial charge in [0.15, 0.2) is 0 Å². The Morgan fingerprint density at radius 1 is 0.975 bits per heavy atom. The number of carbonyl (C=O) groups excluding carboxylic acids is 2. The summed E-state index contributed by atoms with van der Waals surface area (Å²) in [7, 11) is 0. The van der Waals surface area contributed by atoms with Gasteiger partial charge in [-0.3, -0.25) is 10.2 Å². The maximum atomic E-state index is 13.5. The summed E-state index contributed by atoms with van der Waals surface area (Å²) in [5.41, 5.74) is 7.94. The number of fused-ring (bicyclic) bond motifs is 2. The van der Waals surface area contributed by atoms with Crippen LogP contribution < -0.4 is 16.4 Å². The molecule has 8 nitrogen and oxygen atoms in total. The minimum atomic E-state index is -0.545. The first-order valence-corrected chi connectivity index (χ1v) is 13.8. The van der Waals surface area contributed by atoms with Gasteiger partial charge in [-0.2, -0.15) is 0 Å². The molecule has 8 heteroatoms. The van der Waals surface area contributed by atoms with Crippen LogP contribution in [0.15, 0.2) is 66.7 Å². The van der Waals surface area contributed by atoms with E-state index in [0.717, 1.165) is 40.1 Å². The van der Waals surface area contributed by atoms with Gasteiger partial charge < -0.3 is 25.7 Å². The zero-order valence-electron chi connectivity index (χ0n) is 23.3. The number of hydrogen-bond donors (Lipinski definition) is 4. The van der Waals surface area contributed by atoms with Crippen molar-refractivity contribution in [1.29, 1.82) is 5.41 Å². The fraction of sp³-hybridized carbons (Fsp3) is 0.344. The largest absolute Gasteiger partial charge is 0.444 e. The third-order valence-corrected chi connectivity index (χ3v) is 7.49. The number of rotatable bonds is 6. The Balaban J connectivity index is 1.36. The number of nitrogen functional groups attached to an aromatic ring is 1. The molecule has 1 saturated carbocycles. The molecule has 1 aliphatic carbocycles. The maximum Gasteiger partial charge on any atom is 0.407 e. The van der Waals surface area contributed by atoms with Gasteiger partial charge in [-0.05, 0) is 74.9 Å². The van der Waals surface area contributed by atoms with Crippen LogP contribution in [-0.4, -0.2) is 34.0 Å². The normalized spacial score (nSPS) is 17.5. The van der Waals surface area contributed by atoms with E-state index in [4.69, 9.17) is 15.9 Å². The lowest BCUT2D eigenvalue weighted by Crippen LogP contribution is -2.42. The van der Waals surface area contributed by atoms with Crippen LogP contribution in [0.2, 0.25) is 0 Å². The number of nitrogens with one attached hydrogen (secondary N) is 3. The number of amidine groups is 1. The molecule has 0 bridgehead atoms. The van der Waals surface area contributed by atoms with Crippen molar-refractivity contribution >= 4 is 45.3 Å². The second-order valence-electron chi connectivity index (χ2n) is 11.6. The van der Waals surface area contributed by atoms with E-state index in [-0.39, 0.29) is 23.7 Å². The Labute approximate surface area is 234 Å². The van der Waals surface area contributed by atoms with E-state index >= 15 is 0 Å². The summed E-state index contributed by atoms with van der Waals surface area (Å²) < 4.78 is 7.48. The third kappa shape index (κ3) is 6.11. The summed E-state index contributed by atoms with van der Waals surface area (Å²) in [5, 5.41) is 17.3. The van der Waals surface area contributed by atoms with Gasteiger partial charge in [0.25, 0.3) is 0 Å². The van der Waals surface area contributed by atoms with Gasteiger partial charge in [0, 0.05) is 22.9 Å². The molecule has 0 unspecified atom stereocenters. The number of nitrogens with zero attached hydrogens (tertiary/aromatic N) is 1. The summed E-state index contributed by atoms with van der Waals surface area (Å²) in [5.74, 6) is 0.544. The SMILES string of the molecule is CC(C)(C)OC(=O)N[C@H]1CC[C@H](C(=O)Nc2cc3ccc(C(=N)N)cc3n2Cc2cccc3ccccc23)CC1. The molecule has 0 spiro atoms. The van der Waals surface area contributed by atoms with E-state index in [9.17, 15) is 9.59 Å². The third-order valence-electron chi connectivity index (χ3n) is 7.49. The molecule has 1 aliphatic rings. The van der Waals surface area contributed by atoms with Crippen LogP contribution >= 0.6 is 0 Å². The van der Waals surface area contributed by atoms with Crippen molar-refractivity contribution in [2.24, 2.45) is 11.7 Å². The summed E-state index contributed by atoms with van der Waals surface area (Å²) in [6.07, 6.45) is 2.40. The van der Waals surface area contributed by atoms with Crippen LogP contribution in [0.25, 0.3) is 21.7 Å². The fourth-order valence-corrected chi connectivity index (χ4v) is 5.50. The molecule has 5 rings (SSSR count). The second-order valence-corrected chi connectivity index (χ2v) is 11.6. The van der Waals surface area contributed by atoms with E-state index in [0.29, 0.717) is 30.8 Å². The van der Waals surface area contributed by atoms with Gasteiger partial charge in [0.2, 0.25) is 5.91 Å². The maximum absolute atomic E-state index is 13.5. The first-order chi connectivity index (χ1) is 19.1. The Kier molecular flexibility index (Phi) is 7.52. The van der Waals surface area contributed by atoms with E-state index in [2.05, 4.69) is 39.5 Å². The Morgan fingerprint density at radius 2 is 1.70 bits per heavy atom. The standard InChI is InChI=1S/C32H37N5O3/c1-32(2,3)40-31(39)35-25-15-13-21(14-16-25)30(38)36-28-18-22-11-12-23(29(33)34)17-27(22)37(28)19-24-9-6-8-20-7-4-5-10-26(20)24/h4-12,17-18,21,25H,13-16,19H2,1-3H3,(H3,33,34)(H,35,39)(H,36,38)/t21-,25-. The van der Waals surface area contributed by atoms with Crippen molar-refractivity contribution in [2.75, 3.05) is 5.32 Å². The number of alkyl carbamates (subject to hydrolysis) is 1. The molecule has 0 atom stereocenters. The fourth-order valence-electron chi connectivity index (χ4n) is 5.50. The van der Waals surface area contributed by atoms with Crippen molar-refractivity contribution in [3.63, 3.8) is 0 Å². The first-order valence-electron chi connectivity index (χ1n) is 13.8. The highest BCUT2D eigenvalue weighted by atomic mass is 16.6. The number of aromatic nitrogens is 1. The molecular formula is C32H37N5O3. The molecule has 3 aromatic carbocycles. The number of nitrogens with two attached hydrogens (primary N) is 1. The molecule has 40 heavy (non-hydrogen) atoms. The quantitative estimate of drug-likeness (QED) is 0.173. The molecule has 0 aliphatic heterocycles. The highest BCUT2D eigenvalue weighted by Crippen LogP contribution is 2.31. The van der Waals surface area contributed by atoms with Crippen molar-refractivity contribution in [2.45, 2.75) is 64.6 Å². The number of amides is 2. The lowest BCUT2D eigenvalue weighted by molar-refractivity contribution is -0.120. The van der Waals surface area contributed by atoms with E-state index in [1.54, 1.807) is 0 Å². The minimum Gasteiger partial charge on any atom is -0.444 e. The highest BCUT2D eigenvalue weighted by molar-refractivity contribution is 6.01. The zero-order chi connectivity index (χ0) is 28.4. The van der Waals surface area contributed by atoms with Crippen LogP contribution in [-0.2, 0) is 16.1 Å². The smallest absolute Gasteiger partial charge is 0.407 e. The lowest BCUT2D eigenvalue weighted by Gasteiger charge is -2.29. The second kappa shape index (κ2) is 11.0. The van der Waals surface area contributed by atoms with Crippen LogP contribution in [0.1, 0.15) is 57.6 Å². The first kappa shape index (κ1) is 27.2. The number of hydrogen-bond acceptors (Lipinski definition) is 4. The molecule has 1 fully saturated rings. The van der Waals surface area contributed by atoms with Crippen LogP contribution in [0.4, 0.5) is 10.6 Å². The van der Waals surface area contributed by atoms with Gasteiger partial charge in [0.05, 0.1) is 12.1 Å². The van der Waals surface area contributed by atoms with E-state index < -0.39 is 11.7 Å². The topological polar surface area (TPSA) is 122 Å². The predicted octanol–water partition coefficient (Wildman–Crippen LogP) is 6.15. The van der Waals surface area contributed by atoms with Gasteiger partial charge in [-0.15, -0.1) is 0 Å². The Hall–Kier alpha value is -4.33. The van der Waals surface area contributed by atoms with E-state index in [1.165, 1.54) is 0 Å².